The van der Waals surface area contributed by atoms with E-state index in [-0.39, 0.29) is 0 Å². The van der Waals surface area contributed by atoms with Crippen molar-refractivity contribution >= 4 is 0 Å². The zero-order valence-corrected chi connectivity index (χ0v) is 5.03. The largest absolute Gasteiger partial charge is 0.365 e. The topological polar surface area (TPSA) is 29.5 Å². The SMILES string of the molecule is CC1(O)CC(F)(F)CO1. The average Bonchev–Trinajstić information content (AvgIpc) is 1.78. The normalized spacial score (nSPS) is 41.3. The van der Waals surface area contributed by atoms with Gasteiger partial charge in [0.25, 0.3) is 5.92 Å². The van der Waals surface area contributed by atoms with Crippen LogP contribution in [-0.2, 0) is 4.74 Å². The molecule has 0 bridgehead atoms. The first-order chi connectivity index (χ1) is 3.91. The molecule has 4 heteroatoms. The molecule has 1 unspecified atom stereocenters. The molecule has 54 valence electrons. The lowest BCUT2D eigenvalue weighted by atomic mass is 10.2. The Morgan fingerprint density at radius 2 is 2.11 bits per heavy atom. The van der Waals surface area contributed by atoms with E-state index in [0.717, 1.165) is 0 Å². The minimum Gasteiger partial charge on any atom is -0.365 e. The van der Waals surface area contributed by atoms with Crippen LogP contribution in [0, 0.1) is 0 Å². The smallest absolute Gasteiger partial charge is 0.276 e. The minimum atomic E-state index is -2.84. The summed E-state index contributed by atoms with van der Waals surface area (Å²) in [7, 11) is 0. The molecule has 1 saturated heterocycles. The Balaban J connectivity index is 2.58. The minimum absolute atomic E-state index is 0.597. The summed E-state index contributed by atoms with van der Waals surface area (Å²) < 4.78 is 28.7. The molecule has 0 amide bonds. The third kappa shape index (κ3) is 1.59. The lowest BCUT2D eigenvalue weighted by Crippen LogP contribution is -2.23. The van der Waals surface area contributed by atoms with Crippen molar-refractivity contribution in [2.24, 2.45) is 0 Å². The fraction of sp³-hybridized carbons (Fsp3) is 1.00. The van der Waals surface area contributed by atoms with E-state index < -0.39 is 24.7 Å². The summed E-state index contributed by atoms with van der Waals surface area (Å²) in [6.07, 6.45) is -0.597. The molecule has 0 radical (unpaired) electrons. The molecule has 1 aliphatic rings. The molecular weight excluding hydrogens is 130 g/mol. The van der Waals surface area contributed by atoms with E-state index in [1.165, 1.54) is 6.92 Å². The third-order valence-electron chi connectivity index (χ3n) is 1.18. The van der Waals surface area contributed by atoms with Crippen LogP contribution in [0.5, 0.6) is 0 Å². The van der Waals surface area contributed by atoms with Crippen molar-refractivity contribution < 1.29 is 18.6 Å². The summed E-state index contributed by atoms with van der Waals surface area (Å²) in [4.78, 5) is 0. The van der Waals surface area contributed by atoms with Gasteiger partial charge in [0.1, 0.15) is 6.61 Å². The molecule has 0 aromatic rings. The maximum absolute atomic E-state index is 12.2. The maximum atomic E-state index is 12.2. The van der Waals surface area contributed by atoms with Crippen LogP contribution in [-0.4, -0.2) is 23.4 Å². The van der Waals surface area contributed by atoms with Gasteiger partial charge in [-0.15, -0.1) is 0 Å². The highest BCUT2D eigenvalue weighted by Gasteiger charge is 2.46. The average molecular weight is 138 g/mol. The lowest BCUT2D eigenvalue weighted by molar-refractivity contribution is -0.155. The Kier molecular flexibility index (Phi) is 1.25. The number of ether oxygens (including phenoxy) is 1. The molecule has 1 heterocycles. The second-order valence-electron chi connectivity index (χ2n) is 2.50. The van der Waals surface area contributed by atoms with Crippen molar-refractivity contribution in [3.63, 3.8) is 0 Å². The number of hydrogen-bond acceptors (Lipinski definition) is 2. The first-order valence-electron chi connectivity index (χ1n) is 2.66. The molecule has 0 aliphatic carbocycles. The molecular formula is C5H8F2O2. The Morgan fingerprint density at radius 3 is 2.22 bits per heavy atom. The third-order valence-corrected chi connectivity index (χ3v) is 1.18. The number of rotatable bonds is 0. The Morgan fingerprint density at radius 1 is 1.56 bits per heavy atom. The van der Waals surface area contributed by atoms with Crippen molar-refractivity contribution in [3.05, 3.63) is 0 Å². The number of hydrogen-bond donors (Lipinski definition) is 1. The van der Waals surface area contributed by atoms with E-state index in [9.17, 15) is 8.78 Å². The van der Waals surface area contributed by atoms with Gasteiger partial charge in [-0.25, -0.2) is 8.78 Å². The highest BCUT2D eigenvalue weighted by atomic mass is 19.3. The van der Waals surface area contributed by atoms with Crippen molar-refractivity contribution in [3.8, 4) is 0 Å². The second kappa shape index (κ2) is 1.64. The van der Waals surface area contributed by atoms with Gasteiger partial charge in [0.05, 0.1) is 6.42 Å². The maximum Gasteiger partial charge on any atom is 0.276 e. The van der Waals surface area contributed by atoms with E-state index in [2.05, 4.69) is 4.74 Å². The van der Waals surface area contributed by atoms with Crippen LogP contribution in [0.3, 0.4) is 0 Å². The molecule has 9 heavy (non-hydrogen) atoms. The van der Waals surface area contributed by atoms with E-state index in [4.69, 9.17) is 5.11 Å². The monoisotopic (exact) mass is 138 g/mol. The van der Waals surface area contributed by atoms with Gasteiger partial charge in [-0.2, -0.15) is 0 Å². The fourth-order valence-corrected chi connectivity index (χ4v) is 0.843. The zero-order chi connectivity index (χ0) is 7.12. The molecule has 1 N–H and O–H groups in total. The van der Waals surface area contributed by atoms with Crippen molar-refractivity contribution in [2.45, 2.75) is 25.1 Å². The number of halogens is 2. The predicted molar refractivity (Wildman–Crippen MR) is 26.1 cm³/mol. The van der Waals surface area contributed by atoms with Gasteiger partial charge in [0.15, 0.2) is 5.79 Å². The Hall–Kier alpha value is -0.220. The Bertz CT molecular complexity index is 108. The van der Waals surface area contributed by atoms with Crippen LogP contribution in [0.1, 0.15) is 13.3 Å². The van der Waals surface area contributed by atoms with Crippen LogP contribution in [0.4, 0.5) is 8.78 Å². The molecule has 0 saturated carbocycles. The molecule has 1 aliphatic heterocycles. The predicted octanol–water partition coefficient (Wildman–Crippen LogP) is 0.750. The summed E-state index contributed by atoms with van der Waals surface area (Å²) in [5.74, 6) is -4.47. The van der Waals surface area contributed by atoms with E-state index in [0.29, 0.717) is 0 Å². The van der Waals surface area contributed by atoms with Gasteiger partial charge in [-0.3, -0.25) is 0 Å². The molecule has 0 spiro atoms. The second-order valence-corrected chi connectivity index (χ2v) is 2.50. The van der Waals surface area contributed by atoms with Gasteiger partial charge in [-0.1, -0.05) is 0 Å². The van der Waals surface area contributed by atoms with Crippen molar-refractivity contribution in [2.75, 3.05) is 6.61 Å². The van der Waals surface area contributed by atoms with Gasteiger partial charge >= 0.3 is 0 Å². The molecule has 1 atom stereocenters. The van der Waals surface area contributed by atoms with Crippen LogP contribution in [0.15, 0.2) is 0 Å². The van der Waals surface area contributed by atoms with Crippen LogP contribution < -0.4 is 0 Å². The van der Waals surface area contributed by atoms with Crippen molar-refractivity contribution in [1.29, 1.82) is 0 Å². The van der Waals surface area contributed by atoms with E-state index in [1.807, 2.05) is 0 Å². The van der Waals surface area contributed by atoms with E-state index in [1.54, 1.807) is 0 Å². The summed E-state index contributed by atoms with van der Waals surface area (Å²) >= 11 is 0. The first kappa shape index (κ1) is 6.89. The molecule has 0 aromatic heterocycles. The molecule has 1 rings (SSSR count). The van der Waals surface area contributed by atoms with Gasteiger partial charge in [0.2, 0.25) is 0 Å². The highest BCUT2D eigenvalue weighted by Crippen LogP contribution is 2.34. The first-order valence-corrected chi connectivity index (χ1v) is 2.66. The molecule has 0 aromatic carbocycles. The summed E-state index contributed by atoms with van der Waals surface area (Å²) in [6, 6.07) is 0. The van der Waals surface area contributed by atoms with Gasteiger partial charge in [-0.05, 0) is 6.92 Å². The number of aliphatic hydroxyl groups is 1. The summed E-state index contributed by atoms with van der Waals surface area (Å²) in [5, 5.41) is 8.83. The fourth-order valence-electron chi connectivity index (χ4n) is 0.843. The molecule has 2 nitrogen and oxygen atoms in total. The molecule has 1 fully saturated rings. The van der Waals surface area contributed by atoms with Crippen LogP contribution in [0.2, 0.25) is 0 Å². The lowest BCUT2D eigenvalue weighted by Gasteiger charge is -2.12. The van der Waals surface area contributed by atoms with Crippen LogP contribution in [0.25, 0.3) is 0 Å². The van der Waals surface area contributed by atoms with Gasteiger partial charge < -0.3 is 9.84 Å². The Labute approximate surface area is 51.4 Å². The zero-order valence-electron chi connectivity index (χ0n) is 5.03. The van der Waals surface area contributed by atoms with Gasteiger partial charge in [0, 0.05) is 0 Å². The van der Waals surface area contributed by atoms with Crippen LogP contribution >= 0.6 is 0 Å². The number of alkyl halides is 2. The standard InChI is InChI=1S/C5H8F2O2/c1-4(8)2-5(6,7)3-9-4/h8H,2-3H2,1H3. The highest BCUT2D eigenvalue weighted by molar-refractivity contribution is 4.81. The van der Waals surface area contributed by atoms with E-state index >= 15 is 0 Å². The summed E-state index contributed by atoms with van der Waals surface area (Å²) in [6.45, 7) is 0.563. The quantitative estimate of drug-likeness (QED) is 0.535. The van der Waals surface area contributed by atoms with Crippen molar-refractivity contribution in [1.82, 2.24) is 0 Å². The summed E-state index contributed by atoms with van der Waals surface area (Å²) in [5.41, 5.74) is 0.